The van der Waals surface area contributed by atoms with Crippen molar-refractivity contribution < 1.29 is 37.2 Å². The molecular formula is C20H30N4O9S. The van der Waals surface area contributed by atoms with Gasteiger partial charge in [-0.15, -0.1) is 0 Å². The molecule has 1 aromatic rings. The molecular weight excluding hydrogens is 472 g/mol. The summed E-state index contributed by atoms with van der Waals surface area (Å²) in [5.41, 5.74) is -1.52. The lowest BCUT2D eigenvalue weighted by Gasteiger charge is -2.26. The number of rotatable bonds is 12. The number of para-hydroxylation sites is 1. The standard InChI is InChI=1S/C20H30N4O9S/c1-6-32-18(26)12-21-11-16(25)14(22-19(27)33-20(2,3)4)13-23(5)34(30,31)17-10-8-7-9-15(17)24(28)29/h7-10,14,21H,6,11-13H2,1-5H3,(H,22,27). The zero-order chi connectivity index (χ0) is 26.1. The molecule has 1 amide bonds. The van der Waals surface area contributed by atoms with E-state index in [0.29, 0.717) is 0 Å². The maximum atomic E-state index is 13.0. The van der Waals surface area contributed by atoms with Crippen LogP contribution >= 0.6 is 0 Å². The summed E-state index contributed by atoms with van der Waals surface area (Å²) >= 11 is 0. The van der Waals surface area contributed by atoms with Crippen molar-refractivity contribution in [2.24, 2.45) is 0 Å². The van der Waals surface area contributed by atoms with Crippen LogP contribution in [0, 0.1) is 10.1 Å². The van der Waals surface area contributed by atoms with Gasteiger partial charge in [-0.25, -0.2) is 13.2 Å². The summed E-state index contributed by atoms with van der Waals surface area (Å²) in [6.45, 7) is 5.39. The van der Waals surface area contributed by atoms with Gasteiger partial charge in [-0.3, -0.25) is 25.0 Å². The molecule has 34 heavy (non-hydrogen) atoms. The number of nitro groups is 1. The van der Waals surface area contributed by atoms with Gasteiger partial charge in [0.2, 0.25) is 10.0 Å². The van der Waals surface area contributed by atoms with Crippen molar-refractivity contribution in [1.29, 1.82) is 0 Å². The number of nitrogens with zero attached hydrogens (tertiary/aromatic N) is 2. The van der Waals surface area contributed by atoms with Crippen molar-refractivity contribution in [1.82, 2.24) is 14.9 Å². The van der Waals surface area contributed by atoms with Gasteiger partial charge in [0.25, 0.3) is 5.69 Å². The Morgan fingerprint density at radius 2 is 1.79 bits per heavy atom. The molecule has 0 aliphatic carbocycles. The molecule has 0 fully saturated rings. The number of amides is 1. The molecule has 0 saturated heterocycles. The van der Waals surface area contributed by atoms with Crippen molar-refractivity contribution in [2.45, 2.75) is 44.2 Å². The highest BCUT2D eigenvalue weighted by Crippen LogP contribution is 2.25. The fraction of sp³-hybridized carbons (Fsp3) is 0.550. The minimum Gasteiger partial charge on any atom is -0.465 e. The number of benzene rings is 1. The molecule has 1 atom stereocenters. The number of hydrogen-bond donors (Lipinski definition) is 2. The summed E-state index contributed by atoms with van der Waals surface area (Å²) in [6, 6.07) is 3.38. The number of hydrogen-bond acceptors (Lipinski definition) is 10. The molecule has 1 rings (SSSR count). The van der Waals surface area contributed by atoms with E-state index < -0.39 is 68.1 Å². The number of alkyl carbamates (subject to hydrolysis) is 1. The van der Waals surface area contributed by atoms with Gasteiger partial charge in [0.1, 0.15) is 11.6 Å². The van der Waals surface area contributed by atoms with E-state index in [4.69, 9.17) is 9.47 Å². The molecule has 0 bridgehead atoms. The second-order valence-electron chi connectivity index (χ2n) is 8.08. The Bertz CT molecular complexity index is 1010. The molecule has 0 aliphatic heterocycles. The Kier molecular flexibility index (Phi) is 10.5. The normalized spacial score (nSPS) is 12.6. The van der Waals surface area contributed by atoms with Gasteiger partial charge in [0.15, 0.2) is 10.7 Å². The van der Waals surface area contributed by atoms with Crippen LogP contribution in [0.5, 0.6) is 0 Å². The fourth-order valence-corrected chi connectivity index (χ4v) is 3.99. The van der Waals surface area contributed by atoms with Crippen molar-refractivity contribution in [3.05, 3.63) is 34.4 Å². The van der Waals surface area contributed by atoms with E-state index in [-0.39, 0.29) is 13.2 Å². The largest absolute Gasteiger partial charge is 0.465 e. The highest BCUT2D eigenvalue weighted by Gasteiger charge is 2.33. The molecule has 0 aromatic heterocycles. The first-order valence-electron chi connectivity index (χ1n) is 10.3. The van der Waals surface area contributed by atoms with E-state index >= 15 is 0 Å². The summed E-state index contributed by atoms with van der Waals surface area (Å²) < 4.78 is 36.6. The summed E-state index contributed by atoms with van der Waals surface area (Å²) in [5, 5.41) is 16.2. The van der Waals surface area contributed by atoms with Gasteiger partial charge in [-0.05, 0) is 33.8 Å². The van der Waals surface area contributed by atoms with Crippen LogP contribution in [0.3, 0.4) is 0 Å². The monoisotopic (exact) mass is 502 g/mol. The smallest absolute Gasteiger partial charge is 0.408 e. The number of sulfonamides is 1. The number of ether oxygens (including phenoxy) is 2. The lowest BCUT2D eigenvalue weighted by Crippen LogP contribution is -2.52. The molecule has 0 radical (unpaired) electrons. The first-order chi connectivity index (χ1) is 15.7. The first kappa shape index (κ1) is 28.9. The third-order valence-electron chi connectivity index (χ3n) is 4.14. The van der Waals surface area contributed by atoms with Crippen LogP contribution in [0.15, 0.2) is 29.2 Å². The zero-order valence-corrected chi connectivity index (χ0v) is 20.5. The average molecular weight is 503 g/mol. The van der Waals surface area contributed by atoms with Crippen LogP contribution in [0.25, 0.3) is 0 Å². The zero-order valence-electron chi connectivity index (χ0n) is 19.7. The molecule has 190 valence electrons. The molecule has 2 N–H and O–H groups in total. The predicted molar refractivity (Wildman–Crippen MR) is 121 cm³/mol. The highest BCUT2D eigenvalue weighted by atomic mass is 32.2. The number of ketones is 1. The van der Waals surface area contributed by atoms with Gasteiger partial charge >= 0.3 is 12.1 Å². The van der Waals surface area contributed by atoms with E-state index in [1.54, 1.807) is 27.7 Å². The predicted octanol–water partition coefficient (Wildman–Crippen LogP) is 0.830. The number of nitrogens with one attached hydrogen (secondary N) is 2. The molecule has 13 nitrogen and oxygen atoms in total. The van der Waals surface area contributed by atoms with Crippen LogP contribution in [0.1, 0.15) is 27.7 Å². The van der Waals surface area contributed by atoms with Crippen molar-refractivity contribution in [3.8, 4) is 0 Å². The Morgan fingerprint density at radius 3 is 2.35 bits per heavy atom. The molecule has 14 heteroatoms. The number of carbonyl (C=O) groups excluding carboxylic acids is 3. The third-order valence-corrected chi connectivity index (χ3v) is 6.01. The molecule has 1 unspecified atom stereocenters. The minimum absolute atomic E-state index is 0.158. The average Bonchev–Trinajstić information content (AvgIpc) is 2.71. The van der Waals surface area contributed by atoms with Gasteiger partial charge in [-0.2, -0.15) is 4.31 Å². The van der Waals surface area contributed by atoms with E-state index in [2.05, 4.69) is 10.6 Å². The second-order valence-corrected chi connectivity index (χ2v) is 10.1. The first-order valence-corrected chi connectivity index (χ1v) is 11.7. The van der Waals surface area contributed by atoms with Gasteiger partial charge < -0.3 is 14.8 Å². The summed E-state index contributed by atoms with van der Waals surface area (Å²) in [6.07, 6.45) is -0.965. The van der Waals surface area contributed by atoms with Crippen LogP contribution in [0.2, 0.25) is 0 Å². The fourth-order valence-electron chi connectivity index (χ4n) is 2.65. The maximum absolute atomic E-state index is 13.0. The Labute approximate surface area is 198 Å². The molecule has 0 aliphatic rings. The number of Topliss-reactive ketones (excluding diaryl/α,β-unsaturated/α-hetero) is 1. The number of esters is 1. The van der Waals surface area contributed by atoms with Gasteiger partial charge in [0.05, 0.1) is 24.6 Å². The number of nitro benzene ring substituents is 1. The SMILES string of the molecule is CCOC(=O)CNCC(=O)C(CN(C)S(=O)(=O)c1ccccc1[N+](=O)[O-])NC(=O)OC(C)(C)C. The third kappa shape index (κ3) is 9.03. The van der Waals surface area contributed by atoms with Crippen molar-refractivity contribution in [2.75, 3.05) is 33.3 Å². The van der Waals surface area contributed by atoms with Crippen LogP contribution in [-0.4, -0.2) is 80.4 Å². The van der Waals surface area contributed by atoms with E-state index in [0.717, 1.165) is 23.5 Å². The highest BCUT2D eigenvalue weighted by molar-refractivity contribution is 7.89. The molecule has 1 aromatic carbocycles. The number of likely N-dealkylation sites (N-methyl/N-ethyl adjacent to an activating group) is 1. The Balaban J connectivity index is 3.09. The molecule has 0 saturated carbocycles. The van der Waals surface area contributed by atoms with Crippen molar-refractivity contribution >= 4 is 33.6 Å². The van der Waals surface area contributed by atoms with E-state index in [1.165, 1.54) is 12.1 Å². The number of carbonyl (C=O) groups is 3. The van der Waals surface area contributed by atoms with E-state index in [9.17, 15) is 32.9 Å². The quantitative estimate of drug-likeness (QED) is 0.237. The van der Waals surface area contributed by atoms with Crippen LogP contribution < -0.4 is 10.6 Å². The maximum Gasteiger partial charge on any atom is 0.408 e. The van der Waals surface area contributed by atoms with Gasteiger partial charge in [-0.1, -0.05) is 12.1 Å². The second kappa shape index (κ2) is 12.4. The van der Waals surface area contributed by atoms with E-state index in [1.807, 2.05) is 0 Å². The lowest BCUT2D eigenvalue weighted by atomic mass is 10.2. The summed E-state index contributed by atoms with van der Waals surface area (Å²) in [5.74, 6) is -1.25. The molecule has 0 heterocycles. The van der Waals surface area contributed by atoms with Gasteiger partial charge in [0, 0.05) is 19.7 Å². The minimum atomic E-state index is -4.40. The topological polar surface area (TPSA) is 174 Å². The van der Waals surface area contributed by atoms with Crippen LogP contribution in [0.4, 0.5) is 10.5 Å². The van der Waals surface area contributed by atoms with Crippen molar-refractivity contribution in [3.63, 3.8) is 0 Å². The lowest BCUT2D eigenvalue weighted by molar-refractivity contribution is -0.387. The Hall–Kier alpha value is -3.10. The summed E-state index contributed by atoms with van der Waals surface area (Å²) in [4.78, 5) is 46.3. The Morgan fingerprint density at radius 1 is 1.18 bits per heavy atom. The summed E-state index contributed by atoms with van der Waals surface area (Å²) in [7, 11) is -3.28. The van der Waals surface area contributed by atoms with Crippen LogP contribution in [-0.2, 0) is 29.1 Å². The molecule has 0 spiro atoms.